The lowest BCUT2D eigenvalue weighted by atomic mass is 9.89. The maximum absolute atomic E-state index is 13.7. The fourth-order valence-electron chi connectivity index (χ4n) is 2.86. The summed E-state index contributed by atoms with van der Waals surface area (Å²) in [5, 5.41) is 0. The Bertz CT molecular complexity index is 773. The summed E-state index contributed by atoms with van der Waals surface area (Å²) in [6.45, 7) is 0.561. The van der Waals surface area contributed by atoms with Gasteiger partial charge < -0.3 is 14.2 Å². The molecular weight excluding hydrogens is 402 g/mol. The zero-order valence-corrected chi connectivity index (χ0v) is 15.7. The minimum atomic E-state index is -5.77. The quantitative estimate of drug-likeness (QED) is 0.365. The smallest absolute Gasteiger partial charge is 0.430 e. The molecule has 0 heterocycles. The first kappa shape index (κ1) is 23.0. The molecule has 0 aliphatic heterocycles. The van der Waals surface area contributed by atoms with Gasteiger partial charge in [-0.3, -0.25) is 0 Å². The lowest BCUT2D eigenvalue weighted by Crippen LogP contribution is -2.56. The van der Waals surface area contributed by atoms with Gasteiger partial charge in [-0.2, -0.15) is 26.3 Å². The number of ether oxygens (including phenoxy) is 3. The number of benzene rings is 2. The highest BCUT2D eigenvalue weighted by Crippen LogP contribution is 2.53. The van der Waals surface area contributed by atoms with E-state index in [1.54, 1.807) is 37.3 Å². The van der Waals surface area contributed by atoms with E-state index in [2.05, 4.69) is 9.47 Å². The minimum absolute atomic E-state index is 0.173. The van der Waals surface area contributed by atoms with Crippen molar-refractivity contribution in [3.05, 3.63) is 59.7 Å². The Morgan fingerprint density at radius 3 is 2.00 bits per heavy atom. The number of hydrogen-bond donors (Lipinski definition) is 0. The zero-order valence-electron chi connectivity index (χ0n) is 15.7. The molecule has 0 spiro atoms. The van der Waals surface area contributed by atoms with Gasteiger partial charge in [0.05, 0.1) is 0 Å². The van der Waals surface area contributed by atoms with Gasteiger partial charge in [-0.15, -0.1) is 0 Å². The maximum Gasteiger partial charge on any atom is 0.430 e. The molecule has 3 nitrogen and oxygen atoms in total. The van der Waals surface area contributed by atoms with E-state index in [9.17, 15) is 26.3 Å². The summed E-state index contributed by atoms with van der Waals surface area (Å²) < 4.78 is 96.5. The third kappa shape index (κ3) is 4.84. The molecule has 0 saturated carbocycles. The first-order valence-corrected chi connectivity index (χ1v) is 8.69. The molecule has 0 aliphatic carbocycles. The number of methoxy groups -OCH3 is 1. The summed E-state index contributed by atoms with van der Waals surface area (Å²) in [6, 6.07) is 11.0. The molecule has 0 N–H and O–H groups in total. The van der Waals surface area contributed by atoms with Crippen LogP contribution >= 0.6 is 0 Å². The van der Waals surface area contributed by atoms with E-state index < -0.39 is 30.3 Å². The third-order valence-electron chi connectivity index (χ3n) is 4.15. The fraction of sp³-hybridized carbons (Fsp3) is 0.400. The van der Waals surface area contributed by atoms with Crippen molar-refractivity contribution in [2.45, 2.75) is 37.7 Å². The molecule has 2 aromatic rings. The molecule has 0 aliphatic rings. The molecule has 0 atom stereocenters. The summed E-state index contributed by atoms with van der Waals surface area (Å²) in [5.74, 6) is 0.581. The lowest BCUT2D eigenvalue weighted by molar-refractivity contribution is -0.400. The van der Waals surface area contributed by atoms with E-state index in [1.807, 2.05) is 0 Å². The van der Waals surface area contributed by atoms with Crippen molar-refractivity contribution in [2.75, 3.05) is 13.9 Å². The number of halogens is 6. The molecule has 0 aromatic heterocycles. The standard InChI is InChI=1S/C20H20F6O3/c1-3-7-14-12-15(10-11-17(14)29-16-8-5-4-6-9-16)18(19(21,22)23,20(24,25)26)28-13-27-2/h4-6,8-12H,3,7,13H2,1-2H3. The average Bonchev–Trinajstić information content (AvgIpc) is 2.63. The van der Waals surface area contributed by atoms with Gasteiger partial charge in [0, 0.05) is 12.7 Å². The molecule has 0 saturated heterocycles. The molecular formula is C20H20F6O3. The zero-order chi connectivity index (χ0) is 21.7. The van der Waals surface area contributed by atoms with Crippen LogP contribution < -0.4 is 4.74 Å². The number of hydrogen-bond acceptors (Lipinski definition) is 3. The predicted octanol–water partition coefficient (Wildman–Crippen LogP) is 6.37. The maximum atomic E-state index is 13.7. The normalized spacial score (nSPS) is 12.8. The Hall–Kier alpha value is -2.26. The van der Waals surface area contributed by atoms with Crippen LogP contribution in [-0.4, -0.2) is 26.3 Å². The van der Waals surface area contributed by atoms with Crippen molar-refractivity contribution in [1.82, 2.24) is 0 Å². The SMILES string of the molecule is CCCc1cc(C(OCOC)(C(F)(F)F)C(F)(F)F)ccc1Oc1ccccc1. The van der Waals surface area contributed by atoms with Crippen LogP contribution in [0.15, 0.2) is 48.5 Å². The second-order valence-electron chi connectivity index (χ2n) is 6.22. The van der Waals surface area contributed by atoms with Crippen molar-refractivity contribution in [2.24, 2.45) is 0 Å². The van der Waals surface area contributed by atoms with Crippen LogP contribution in [0.5, 0.6) is 11.5 Å². The predicted molar refractivity (Wildman–Crippen MR) is 93.7 cm³/mol. The third-order valence-corrected chi connectivity index (χ3v) is 4.15. The van der Waals surface area contributed by atoms with E-state index in [4.69, 9.17) is 4.74 Å². The van der Waals surface area contributed by atoms with Gasteiger partial charge in [0.15, 0.2) is 0 Å². The molecule has 160 valence electrons. The van der Waals surface area contributed by atoms with Crippen molar-refractivity contribution >= 4 is 0 Å². The van der Waals surface area contributed by atoms with Crippen LogP contribution in [0.4, 0.5) is 26.3 Å². The van der Waals surface area contributed by atoms with E-state index in [-0.39, 0.29) is 17.7 Å². The molecule has 0 radical (unpaired) electrons. The fourth-order valence-corrected chi connectivity index (χ4v) is 2.86. The number of alkyl halides is 6. The van der Waals surface area contributed by atoms with E-state index in [1.165, 1.54) is 0 Å². The Morgan fingerprint density at radius 1 is 0.862 bits per heavy atom. The number of rotatable bonds is 8. The van der Waals surface area contributed by atoms with Gasteiger partial charge in [0.25, 0.3) is 5.60 Å². The first-order valence-electron chi connectivity index (χ1n) is 8.69. The van der Waals surface area contributed by atoms with Gasteiger partial charge in [0.1, 0.15) is 18.3 Å². The second-order valence-corrected chi connectivity index (χ2v) is 6.22. The Morgan fingerprint density at radius 2 is 1.48 bits per heavy atom. The second kappa shape index (κ2) is 9.04. The van der Waals surface area contributed by atoms with Crippen molar-refractivity contribution in [3.8, 4) is 11.5 Å². The van der Waals surface area contributed by atoms with Crippen LogP contribution in [0.1, 0.15) is 24.5 Å². The molecule has 0 unspecified atom stereocenters. The monoisotopic (exact) mass is 422 g/mol. The number of para-hydroxylation sites is 1. The molecule has 9 heteroatoms. The number of aryl methyl sites for hydroxylation is 1. The summed E-state index contributed by atoms with van der Waals surface area (Å²) in [7, 11) is 0.941. The lowest BCUT2D eigenvalue weighted by Gasteiger charge is -2.37. The van der Waals surface area contributed by atoms with Crippen molar-refractivity contribution in [1.29, 1.82) is 0 Å². The van der Waals surface area contributed by atoms with E-state index in [0.29, 0.717) is 18.2 Å². The van der Waals surface area contributed by atoms with Crippen LogP contribution in [0.25, 0.3) is 0 Å². The first-order chi connectivity index (χ1) is 13.6. The molecule has 0 bridgehead atoms. The summed E-state index contributed by atoms with van der Waals surface area (Å²) in [4.78, 5) is 0. The van der Waals surface area contributed by atoms with Crippen LogP contribution in [-0.2, 0) is 21.5 Å². The van der Waals surface area contributed by atoms with Gasteiger partial charge in [-0.05, 0) is 36.2 Å². The highest BCUT2D eigenvalue weighted by molar-refractivity contribution is 5.43. The molecule has 29 heavy (non-hydrogen) atoms. The highest BCUT2D eigenvalue weighted by Gasteiger charge is 2.73. The highest BCUT2D eigenvalue weighted by atomic mass is 19.4. The van der Waals surface area contributed by atoms with Crippen molar-refractivity contribution in [3.63, 3.8) is 0 Å². The van der Waals surface area contributed by atoms with Gasteiger partial charge in [-0.1, -0.05) is 37.6 Å². The Kier molecular flexibility index (Phi) is 7.18. The largest absolute Gasteiger partial charge is 0.457 e. The van der Waals surface area contributed by atoms with Crippen LogP contribution in [0.2, 0.25) is 0 Å². The van der Waals surface area contributed by atoms with Gasteiger partial charge >= 0.3 is 12.4 Å². The topological polar surface area (TPSA) is 27.7 Å². The Balaban J connectivity index is 2.60. The molecule has 2 rings (SSSR count). The van der Waals surface area contributed by atoms with Gasteiger partial charge in [0.2, 0.25) is 0 Å². The van der Waals surface area contributed by atoms with Crippen LogP contribution in [0, 0.1) is 0 Å². The summed E-state index contributed by atoms with van der Waals surface area (Å²) in [6.07, 6.45) is -10.8. The Labute approximate surface area is 164 Å². The van der Waals surface area contributed by atoms with E-state index in [0.717, 1.165) is 19.2 Å². The molecule has 0 fully saturated rings. The summed E-state index contributed by atoms with van der Waals surface area (Å²) >= 11 is 0. The molecule has 0 amide bonds. The van der Waals surface area contributed by atoms with Gasteiger partial charge in [-0.25, -0.2) is 0 Å². The molecule has 2 aromatic carbocycles. The summed E-state index contributed by atoms with van der Waals surface area (Å²) in [5.41, 5.74) is -5.41. The average molecular weight is 422 g/mol. The minimum Gasteiger partial charge on any atom is -0.457 e. The van der Waals surface area contributed by atoms with Crippen molar-refractivity contribution < 1.29 is 40.6 Å². The van der Waals surface area contributed by atoms with E-state index >= 15 is 0 Å². The van der Waals surface area contributed by atoms with Crippen LogP contribution in [0.3, 0.4) is 0 Å².